The van der Waals surface area contributed by atoms with Gasteiger partial charge in [-0.3, -0.25) is 0 Å². The topological polar surface area (TPSA) is 57.5 Å². The first-order valence-corrected chi connectivity index (χ1v) is 7.49. The van der Waals surface area contributed by atoms with Crippen LogP contribution in [0.2, 0.25) is 0 Å². The van der Waals surface area contributed by atoms with Gasteiger partial charge in [-0.1, -0.05) is 36.9 Å². The van der Waals surface area contributed by atoms with E-state index in [0.717, 1.165) is 12.2 Å². The molecule has 0 heterocycles. The van der Waals surface area contributed by atoms with E-state index >= 15 is 0 Å². The van der Waals surface area contributed by atoms with Gasteiger partial charge in [0.15, 0.2) is 6.10 Å². The number of aryl methyl sites for hydroxylation is 1. The van der Waals surface area contributed by atoms with Gasteiger partial charge in [-0.15, -0.1) is 0 Å². The molecule has 0 aliphatic rings. The fourth-order valence-electron chi connectivity index (χ4n) is 1.55. The second-order valence-corrected chi connectivity index (χ2v) is 6.22. The molecule has 1 aromatic carbocycles. The number of carboxylic acid groups (broad SMARTS) is 1. The highest BCUT2D eigenvalue weighted by Crippen LogP contribution is 2.08. The van der Waals surface area contributed by atoms with Gasteiger partial charge in [0.2, 0.25) is 0 Å². The van der Waals surface area contributed by atoms with Crippen LogP contribution in [0.4, 0.5) is 0 Å². The lowest BCUT2D eigenvalue weighted by molar-refractivity contribution is -0.146. The molecule has 0 aromatic heterocycles. The molecule has 18 heavy (non-hydrogen) atoms. The first-order valence-electron chi connectivity index (χ1n) is 5.87. The molecule has 0 aliphatic heterocycles. The van der Waals surface area contributed by atoms with Gasteiger partial charge >= 0.3 is 5.97 Å². The molecule has 98 valence electrons. The molecular weight excluding hydrogens is 248 g/mol. The van der Waals surface area contributed by atoms with Crippen molar-refractivity contribution in [3.8, 4) is 0 Å². The average Bonchev–Trinajstić information content (AvgIpc) is 2.39. The lowest BCUT2D eigenvalue weighted by atomic mass is 10.2. The summed E-state index contributed by atoms with van der Waals surface area (Å²) in [5, 5.41) is 19.7. The van der Waals surface area contributed by atoms with E-state index in [1.807, 2.05) is 23.6 Å². The van der Waals surface area contributed by atoms with Crippen molar-refractivity contribution in [2.75, 3.05) is 11.5 Å². The SMILES string of the molecule is C=C[S+](CCc1ccccc1)CCC(O)C(=O)O. The molecule has 2 atom stereocenters. The molecule has 0 radical (unpaired) electrons. The third kappa shape index (κ3) is 5.38. The Balaban J connectivity index is 2.34. The van der Waals surface area contributed by atoms with Crippen molar-refractivity contribution in [1.82, 2.24) is 0 Å². The highest BCUT2D eigenvalue weighted by molar-refractivity contribution is 7.99. The van der Waals surface area contributed by atoms with Gasteiger partial charge in [-0.05, 0) is 5.56 Å². The summed E-state index contributed by atoms with van der Waals surface area (Å²) in [4.78, 5) is 10.5. The zero-order valence-electron chi connectivity index (χ0n) is 10.3. The molecule has 3 nitrogen and oxygen atoms in total. The molecule has 0 amide bonds. The third-order valence-electron chi connectivity index (χ3n) is 2.67. The van der Waals surface area contributed by atoms with Gasteiger partial charge in [-0.2, -0.15) is 0 Å². The van der Waals surface area contributed by atoms with Crippen LogP contribution in [0.15, 0.2) is 42.3 Å². The van der Waals surface area contributed by atoms with Crippen LogP contribution in [-0.2, 0) is 22.1 Å². The van der Waals surface area contributed by atoms with Crippen LogP contribution in [0.3, 0.4) is 0 Å². The largest absolute Gasteiger partial charge is 0.479 e. The quantitative estimate of drug-likeness (QED) is 0.706. The summed E-state index contributed by atoms with van der Waals surface area (Å²) >= 11 is 0. The Morgan fingerprint density at radius 3 is 2.56 bits per heavy atom. The molecule has 2 N–H and O–H groups in total. The minimum absolute atomic E-state index is 0.0285. The Labute approximate surface area is 111 Å². The van der Waals surface area contributed by atoms with E-state index in [2.05, 4.69) is 18.7 Å². The Bertz CT molecular complexity index is 378. The number of benzene rings is 1. The fraction of sp³-hybridized carbons (Fsp3) is 0.357. The molecule has 0 aliphatic carbocycles. The van der Waals surface area contributed by atoms with Crippen LogP contribution in [0.1, 0.15) is 12.0 Å². The van der Waals surface area contributed by atoms with Crippen LogP contribution in [0.5, 0.6) is 0 Å². The van der Waals surface area contributed by atoms with E-state index in [0.29, 0.717) is 12.2 Å². The van der Waals surface area contributed by atoms with Gasteiger partial charge in [0.05, 0.1) is 0 Å². The predicted molar refractivity (Wildman–Crippen MR) is 75.7 cm³/mol. The van der Waals surface area contributed by atoms with E-state index in [9.17, 15) is 9.90 Å². The molecule has 0 saturated heterocycles. The summed E-state index contributed by atoms with van der Waals surface area (Å²) in [5.74, 6) is 0.495. The molecule has 0 fully saturated rings. The van der Waals surface area contributed by atoms with E-state index in [4.69, 9.17) is 5.11 Å². The molecule has 1 aromatic rings. The summed E-state index contributed by atoms with van der Waals surface area (Å²) in [6.45, 7) is 3.78. The van der Waals surface area contributed by atoms with Crippen molar-refractivity contribution in [3.05, 3.63) is 47.9 Å². The maximum atomic E-state index is 10.5. The summed E-state index contributed by atoms with van der Waals surface area (Å²) < 4.78 is 0. The van der Waals surface area contributed by atoms with Gasteiger partial charge < -0.3 is 10.2 Å². The number of hydrogen-bond donors (Lipinski definition) is 2. The van der Waals surface area contributed by atoms with E-state index in [-0.39, 0.29) is 10.9 Å². The Kier molecular flexibility index (Phi) is 6.54. The number of aliphatic hydroxyl groups is 1. The second-order valence-electron chi connectivity index (χ2n) is 3.99. The number of carboxylic acids is 1. The van der Waals surface area contributed by atoms with Crippen LogP contribution in [0, 0.1) is 0 Å². The van der Waals surface area contributed by atoms with E-state index < -0.39 is 12.1 Å². The Morgan fingerprint density at radius 1 is 1.33 bits per heavy atom. The van der Waals surface area contributed by atoms with Crippen molar-refractivity contribution in [2.45, 2.75) is 18.9 Å². The Morgan fingerprint density at radius 2 is 2.00 bits per heavy atom. The summed E-state index contributed by atoms with van der Waals surface area (Å²) in [6, 6.07) is 10.2. The average molecular weight is 267 g/mol. The van der Waals surface area contributed by atoms with Crippen LogP contribution >= 0.6 is 0 Å². The van der Waals surface area contributed by atoms with Gasteiger partial charge in [0.1, 0.15) is 16.9 Å². The van der Waals surface area contributed by atoms with Crippen molar-refractivity contribution < 1.29 is 15.0 Å². The minimum Gasteiger partial charge on any atom is -0.479 e. The van der Waals surface area contributed by atoms with Gasteiger partial charge in [-0.25, -0.2) is 4.79 Å². The zero-order chi connectivity index (χ0) is 13.4. The normalized spacial score (nSPS) is 13.8. The molecule has 0 saturated carbocycles. The number of hydrogen-bond acceptors (Lipinski definition) is 2. The lowest BCUT2D eigenvalue weighted by Crippen LogP contribution is -2.23. The minimum atomic E-state index is -1.25. The number of aliphatic carboxylic acids is 1. The standard InChI is InChI=1S/C14H18O3S/c1-2-18(11-9-13(15)14(16)17)10-8-12-6-4-3-5-7-12/h2-7,13,15H,1,8-11H2/p+1. The summed E-state index contributed by atoms with van der Waals surface area (Å²) in [7, 11) is -0.0285. The smallest absolute Gasteiger partial charge is 0.332 e. The molecular formula is C14H19O3S+. The summed E-state index contributed by atoms with van der Waals surface area (Å²) in [6.07, 6.45) is -0.00467. The fourth-order valence-corrected chi connectivity index (χ4v) is 3.11. The van der Waals surface area contributed by atoms with Gasteiger partial charge in [0.25, 0.3) is 0 Å². The maximum absolute atomic E-state index is 10.5. The molecule has 4 heteroatoms. The third-order valence-corrected chi connectivity index (χ3v) is 4.63. The first kappa shape index (κ1) is 14.8. The predicted octanol–water partition coefficient (Wildman–Crippen LogP) is 1.83. The van der Waals surface area contributed by atoms with Crippen LogP contribution in [0.25, 0.3) is 0 Å². The number of aliphatic hydroxyl groups excluding tert-OH is 1. The van der Waals surface area contributed by atoms with Crippen LogP contribution in [-0.4, -0.2) is 33.8 Å². The van der Waals surface area contributed by atoms with E-state index in [1.54, 1.807) is 0 Å². The van der Waals surface area contributed by atoms with Crippen molar-refractivity contribution in [2.24, 2.45) is 0 Å². The molecule has 0 spiro atoms. The number of carbonyl (C=O) groups is 1. The van der Waals surface area contributed by atoms with Crippen molar-refractivity contribution in [1.29, 1.82) is 0 Å². The van der Waals surface area contributed by atoms with Crippen LogP contribution < -0.4 is 0 Å². The maximum Gasteiger partial charge on any atom is 0.332 e. The zero-order valence-corrected chi connectivity index (χ0v) is 11.1. The first-order chi connectivity index (χ1) is 8.63. The summed E-state index contributed by atoms with van der Waals surface area (Å²) in [5.41, 5.74) is 1.27. The van der Waals surface area contributed by atoms with Crippen molar-refractivity contribution in [3.63, 3.8) is 0 Å². The molecule has 2 unspecified atom stereocenters. The second kappa shape index (κ2) is 7.95. The number of rotatable bonds is 8. The van der Waals surface area contributed by atoms with Gasteiger partial charge in [0, 0.05) is 23.7 Å². The van der Waals surface area contributed by atoms with Crippen molar-refractivity contribution >= 4 is 16.9 Å². The molecule has 0 bridgehead atoms. The monoisotopic (exact) mass is 267 g/mol. The van der Waals surface area contributed by atoms with E-state index in [1.165, 1.54) is 5.56 Å². The lowest BCUT2D eigenvalue weighted by Gasteiger charge is -2.06. The Hall–Kier alpha value is -1.26. The highest BCUT2D eigenvalue weighted by Gasteiger charge is 2.20. The highest BCUT2D eigenvalue weighted by atomic mass is 32.2. The molecule has 1 rings (SSSR count).